The van der Waals surface area contributed by atoms with E-state index in [1.165, 1.54) is 0 Å². The van der Waals surface area contributed by atoms with Crippen molar-refractivity contribution < 1.29 is 14.1 Å². The molecular formula is C12H22N4O3. The Bertz CT molecular complexity index is 392. The quantitative estimate of drug-likeness (QED) is 0.708. The maximum Gasteiger partial charge on any atom is 0.252 e. The van der Waals surface area contributed by atoms with Crippen molar-refractivity contribution in [3.63, 3.8) is 0 Å². The molecule has 0 aliphatic rings. The maximum atomic E-state index is 11.6. The molecular weight excluding hydrogens is 248 g/mol. The molecule has 0 aliphatic carbocycles. The highest BCUT2D eigenvalue weighted by Crippen LogP contribution is 2.03. The molecule has 108 valence electrons. The van der Waals surface area contributed by atoms with Crippen LogP contribution in [0.3, 0.4) is 0 Å². The molecule has 0 aliphatic heterocycles. The number of aryl methyl sites for hydroxylation is 1. The van der Waals surface area contributed by atoms with E-state index in [-0.39, 0.29) is 25.2 Å². The molecule has 0 aromatic carbocycles. The van der Waals surface area contributed by atoms with E-state index in [2.05, 4.69) is 29.3 Å². The molecule has 1 heterocycles. The van der Waals surface area contributed by atoms with Gasteiger partial charge in [0.15, 0.2) is 5.82 Å². The van der Waals surface area contributed by atoms with Crippen LogP contribution in [-0.2, 0) is 16.1 Å². The van der Waals surface area contributed by atoms with Crippen LogP contribution in [0.2, 0.25) is 0 Å². The molecule has 3 N–H and O–H groups in total. The highest BCUT2D eigenvalue weighted by atomic mass is 16.5. The molecule has 0 spiro atoms. The molecule has 1 unspecified atom stereocenters. The minimum atomic E-state index is -0.188. The van der Waals surface area contributed by atoms with Crippen molar-refractivity contribution in [1.82, 2.24) is 15.5 Å². The first kappa shape index (κ1) is 15.6. The van der Waals surface area contributed by atoms with Crippen molar-refractivity contribution in [2.45, 2.75) is 39.8 Å². The summed E-state index contributed by atoms with van der Waals surface area (Å²) in [4.78, 5) is 15.6. The Kier molecular flexibility index (Phi) is 6.44. The average molecular weight is 270 g/mol. The summed E-state index contributed by atoms with van der Waals surface area (Å²) in [7, 11) is 0. The van der Waals surface area contributed by atoms with Crippen LogP contribution in [0.5, 0.6) is 0 Å². The summed E-state index contributed by atoms with van der Waals surface area (Å²) in [6.07, 6.45) is 0.852. The van der Waals surface area contributed by atoms with E-state index in [1.54, 1.807) is 6.92 Å². The van der Waals surface area contributed by atoms with Gasteiger partial charge in [0.05, 0.1) is 0 Å². The van der Waals surface area contributed by atoms with Gasteiger partial charge in [-0.3, -0.25) is 4.79 Å². The summed E-state index contributed by atoms with van der Waals surface area (Å²) in [5.74, 6) is 1.20. The van der Waals surface area contributed by atoms with E-state index in [4.69, 9.17) is 15.0 Å². The molecule has 7 nitrogen and oxygen atoms in total. The minimum Gasteiger partial charge on any atom is -0.362 e. The molecule has 0 saturated heterocycles. The Hall–Kier alpha value is -1.47. The van der Waals surface area contributed by atoms with Crippen molar-refractivity contribution in [1.29, 1.82) is 0 Å². The van der Waals surface area contributed by atoms with Gasteiger partial charge in [-0.1, -0.05) is 19.0 Å². The lowest BCUT2D eigenvalue weighted by Gasteiger charge is -2.18. The third-order valence-electron chi connectivity index (χ3n) is 2.43. The summed E-state index contributed by atoms with van der Waals surface area (Å²) in [6.45, 7) is 6.40. The predicted molar refractivity (Wildman–Crippen MR) is 69.1 cm³/mol. The number of carbonyl (C=O) groups excluding carboxylic acids is 1. The average Bonchev–Trinajstić information content (AvgIpc) is 2.73. The zero-order chi connectivity index (χ0) is 14.3. The fourth-order valence-corrected chi connectivity index (χ4v) is 1.68. The fourth-order valence-electron chi connectivity index (χ4n) is 1.68. The molecule has 0 bridgehead atoms. The second kappa shape index (κ2) is 7.85. The first-order chi connectivity index (χ1) is 9.01. The monoisotopic (exact) mass is 270 g/mol. The second-order valence-electron chi connectivity index (χ2n) is 4.86. The number of amides is 1. The number of rotatable bonds is 8. The van der Waals surface area contributed by atoms with Gasteiger partial charge in [0, 0.05) is 12.6 Å². The highest BCUT2D eigenvalue weighted by molar-refractivity contribution is 5.77. The lowest BCUT2D eigenvalue weighted by molar-refractivity contribution is -0.127. The number of hydrogen-bond acceptors (Lipinski definition) is 6. The molecule has 1 aromatic heterocycles. The number of nitrogens with zero attached hydrogens (tertiary/aromatic N) is 2. The van der Waals surface area contributed by atoms with E-state index < -0.39 is 0 Å². The molecule has 1 aromatic rings. The number of aromatic nitrogens is 2. The van der Waals surface area contributed by atoms with Crippen LogP contribution in [0.25, 0.3) is 0 Å². The first-order valence-electron chi connectivity index (χ1n) is 6.37. The number of carbonyl (C=O) groups is 1. The molecule has 1 amide bonds. The molecule has 0 saturated carbocycles. The van der Waals surface area contributed by atoms with Crippen molar-refractivity contribution in [3.8, 4) is 0 Å². The summed E-state index contributed by atoms with van der Waals surface area (Å²) >= 11 is 0. The predicted octanol–water partition coefficient (Wildman–Crippen LogP) is 0.384. The van der Waals surface area contributed by atoms with Crippen LogP contribution in [-0.4, -0.2) is 35.2 Å². The Balaban J connectivity index is 2.23. The smallest absolute Gasteiger partial charge is 0.252 e. The van der Waals surface area contributed by atoms with Crippen LogP contribution in [0.15, 0.2) is 4.52 Å². The topological polar surface area (TPSA) is 103 Å². The number of nitrogens with two attached hydrogens (primary N) is 1. The van der Waals surface area contributed by atoms with Crippen molar-refractivity contribution >= 4 is 5.91 Å². The Morgan fingerprint density at radius 2 is 2.26 bits per heavy atom. The van der Waals surface area contributed by atoms with Crippen LogP contribution in [0.1, 0.15) is 32.0 Å². The fraction of sp³-hybridized carbons (Fsp3) is 0.750. The summed E-state index contributed by atoms with van der Waals surface area (Å²) in [6, 6.07) is -0.0123. The van der Waals surface area contributed by atoms with Gasteiger partial charge in [-0.25, -0.2) is 0 Å². The van der Waals surface area contributed by atoms with Crippen molar-refractivity contribution in [2.24, 2.45) is 11.7 Å². The standard InChI is InChI=1S/C12H22N4O3/c1-8(2)4-10(5-13)15-11(17)6-18-7-12-14-9(3)16-19-12/h8,10H,4-7,13H2,1-3H3,(H,15,17). The zero-order valence-electron chi connectivity index (χ0n) is 11.7. The molecule has 7 heteroatoms. The van der Waals surface area contributed by atoms with Crippen LogP contribution >= 0.6 is 0 Å². The number of hydrogen-bond donors (Lipinski definition) is 2. The summed E-state index contributed by atoms with van der Waals surface area (Å²) in [5, 5.41) is 6.46. The van der Waals surface area contributed by atoms with Crippen LogP contribution in [0.4, 0.5) is 0 Å². The molecule has 1 atom stereocenters. The van der Waals surface area contributed by atoms with Gasteiger partial charge in [-0.05, 0) is 19.3 Å². The Morgan fingerprint density at radius 3 is 2.79 bits per heavy atom. The Morgan fingerprint density at radius 1 is 1.53 bits per heavy atom. The molecule has 0 fully saturated rings. The van der Waals surface area contributed by atoms with Gasteiger partial charge < -0.3 is 20.3 Å². The highest BCUT2D eigenvalue weighted by Gasteiger charge is 2.12. The van der Waals surface area contributed by atoms with E-state index in [9.17, 15) is 4.79 Å². The summed E-state index contributed by atoms with van der Waals surface area (Å²) in [5.41, 5.74) is 5.60. The SMILES string of the molecule is Cc1noc(COCC(=O)NC(CN)CC(C)C)n1. The first-order valence-corrected chi connectivity index (χ1v) is 6.37. The minimum absolute atomic E-state index is 0.0123. The summed E-state index contributed by atoms with van der Waals surface area (Å²) < 4.78 is 10.1. The maximum absolute atomic E-state index is 11.6. The molecule has 0 radical (unpaired) electrons. The van der Waals surface area contributed by atoms with Gasteiger partial charge in [-0.2, -0.15) is 4.98 Å². The second-order valence-corrected chi connectivity index (χ2v) is 4.86. The van der Waals surface area contributed by atoms with E-state index >= 15 is 0 Å². The van der Waals surface area contributed by atoms with Crippen molar-refractivity contribution in [2.75, 3.05) is 13.2 Å². The lowest BCUT2D eigenvalue weighted by atomic mass is 10.0. The van der Waals surface area contributed by atoms with Crippen LogP contribution in [0, 0.1) is 12.8 Å². The molecule has 19 heavy (non-hydrogen) atoms. The normalized spacial score (nSPS) is 12.7. The third kappa shape index (κ3) is 6.30. The molecule has 1 rings (SSSR count). The van der Waals surface area contributed by atoms with Gasteiger partial charge in [0.25, 0.3) is 5.89 Å². The van der Waals surface area contributed by atoms with Gasteiger partial charge in [0.1, 0.15) is 13.2 Å². The van der Waals surface area contributed by atoms with E-state index in [0.29, 0.717) is 24.2 Å². The Labute approximate surface area is 112 Å². The number of ether oxygens (including phenoxy) is 1. The van der Waals surface area contributed by atoms with Gasteiger partial charge in [-0.15, -0.1) is 0 Å². The van der Waals surface area contributed by atoms with Crippen LogP contribution < -0.4 is 11.1 Å². The van der Waals surface area contributed by atoms with Gasteiger partial charge in [0.2, 0.25) is 5.91 Å². The van der Waals surface area contributed by atoms with Gasteiger partial charge >= 0.3 is 0 Å². The lowest BCUT2D eigenvalue weighted by Crippen LogP contribution is -2.42. The largest absolute Gasteiger partial charge is 0.362 e. The number of nitrogens with one attached hydrogen (secondary N) is 1. The van der Waals surface area contributed by atoms with E-state index in [0.717, 1.165) is 6.42 Å². The third-order valence-corrected chi connectivity index (χ3v) is 2.43. The zero-order valence-corrected chi connectivity index (χ0v) is 11.7. The van der Waals surface area contributed by atoms with E-state index in [1.807, 2.05) is 0 Å². The van der Waals surface area contributed by atoms with Crippen molar-refractivity contribution in [3.05, 3.63) is 11.7 Å².